The highest BCUT2D eigenvalue weighted by Gasteiger charge is 2.19. The van der Waals surface area contributed by atoms with Crippen LogP contribution in [0.4, 0.5) is 0 Å². The summed E-state index contributed by atoms with van der Waals surface area (Å²) in [5.41, 5.74) is 1.56. The summed E-state index contributed by atoms with van der Waals surface area (Å²) in [5.74, 6) is 0.422. The van der Waals surface area contributed by atoms with E-state index in [-0.39, 0.29) is 5.78 Å². The van der Waals surface area contributed by atoms with Crippen LogP contribution in [0, 0.1) is 0 Å². The highest BCUT2D eigenvalue weighted by molar-refractivity contribution is 6.05. The van der Waals surface area contributed by atoms with E-state index in [1.807, 2.05) is 37.6 Å². The van der Waals surface area contributed by atoms with E-state index in [9.17, 15) is 4.79 Å². The fourth-order valence-corrected chi connectivity index (χ4v) is 1.95. The molecule has 0 atom stereocenters. The number of aromatic nitrogens is 4. The van der Waals surface area contributed by atoms with Gasteiger partial charge in [0.1, 0.15) is 5.69 Å². The lowest BCUT2D eigenvalue weighted by molar-refractivity contribution is 0.101. The van der Waals surface area contributed by atoms with Gasteiger partial charge in [0.2, 0.25) is 5.78 Å². The molecular weight excluding hydrogens is 228 g/mol. The maximum Gasteiger partial charge on any atom is 0.246 e. The van der Waals surface area contributed by atoms with Crippen LogP contribution in [0.15, 0.2) is 18.5 Å². The number of nitrogens with zero attached hydrogens (tertiary/aromatic N) is 4. The predicted molar refractivity (Wildman–Crippen MR) is 68.6 cm³/mol. The van der Waals surface area contributed by atoms with E-state index in [4.69, 9.17) is 0 Å². The summed E-state index contributed by atoms with van der Waals surface area (Å²) in [6.45, 7) is 7.43. The quantitative estimate of drug-likeness (QED) is 0.757. The fraction of sp³-hybridized carbons (Fsp3) is 0.462. The van der Waals surface area contributed by atoms with Gasteiger partial charge in [-0.1, -0.05) is 6.92 Å². The maximum absolute atomic E-state index is 12.5. The summed E-state index contributed by atoms with van der Waals surface area (Å²) in [4.78, 5) is 16.6. The molecule has 18 heavy (non-hydrogen) atoms. The molecule has 0 radical (unpaired) electrons. The largest absolute Gasteiger partial charge is 0.328 e. The lowest BCUT2D eigenvalue weighted by Gasteiger charge is -2.05. The molecule has 0 bridgehead atoms. The van der Waals surface area contributed by atoms with Crippen molar-refractivity contribution in [2.45, 2.75) is 40.3 Å². The molecule has 0 saturated heterocycles. The minimum atomic E-state index is -0.0594. The number of rotatable bonds is 5. The van der Waals surface area contributed by atoms with Crippen molar-refractivity contribution in [3.63, 3.8) is 0 Å². The van der Waals surface area contributed by atoms with Crippen molar-refractivity contribution >= 4 is 5.78 Å². The van der Waals surface area contributed by atoms with E-state index in [2.05, 4.69) is 10.1 Å². The number of carbonyl (C=O) groups excluding carboxylic acids is 1. The van der Waals surface area contributed by atoms with E-state index in [1.54, 1.807) is 10.9 Å². The average Bonchev–Trinajstić information content (AvgIpc) is 3.03. The minimum Gasteiger partial charge on any atom is -0.328 e. The minimum absolute atomic E-state index is 0.0594. The Kier molecular flexibility index (Phi) is 3.60. The standard InChI is InChI=1S/C13H18N4O/c1-4-10-9-11(17(6-3)15-10)12(18)13-14-7-8-16(13)5-2/h7-9H,4-6H2,1-3H3. The van der Waals surface area contributed by atoms with Crippen molar-refractivity contribution in [1.82, 2.24) is 19.3 Å². The van der Waals surface area contributed by atoms with Crippen LogP contribution in [0.3, 0.4) is 0 Å². The highest BCUT2D eigenvalue weighted by atomic mass is 16.1. The van der Waals surface area contributed by atoms with Gasteiger partial charge in [0.05, 0.1) is 5.69 Å². The number of ketones is 1. The Morgan fingerprint density at radius 3 is 2.67 bits per heavy atom. The van der Waals surface area contributed by atoms with Crippen molar-refractivity contribution in [3.8, 4) is 0 Å². The van der Waals surface area contributed by atoms with Crippen molar-refractivity contribution in [2.24, 2.45) is 0 Å². The molecule has 0 aliphatic heterocycles. The zero-order valence-electron chi connectivity index (χ0n) is 11.1. The van der Waals surface area contributed by atoms with E-state index in [1.165, 1.54) is 0 Å². The second kappa shape index (κ2) is 5.16. The Hall–Kier alpha value is -1.91. The van der Waals surface area contributed by atoms with Gasteiger partial charge in [0.25, 0.3) is 0 Å². The summed E-state index contributed by atoms with van der Waals surface area (Å²) in [5, 5.41) is 4.39. The first-order valence-corrected chi connectivity index (χ1v) is 6.33. The maximum atomic E-state index is 12.5. The van der Waals surface area contributed by atoms with Crippen LogP contribution in [0.2, 0.25) is 0 Å². The zero-order chi connectivity index (χ0) is 13.1. The lowest BCUT2D eigenvalue weighted by atomic mass is 10.2. The molecule has 96 valence electrons. The molecule has 2 rings (SSSR count). The third-order valence-corrected chi connectivity index (χ3v) is 2.98. The molecule has 0 aromatic carbocycles. The molecule has 2 aromatic heterocycles. The fourth-order valence-electron chi connectivity index (χ4n) is 1.95. The van der Waals surface area contributed by atoms with Crippen molar-refractivity contribution in [2.75, 3.05) is 0 Å². The number of aryl methyl sites for hydroxylation is 3. The van der Waals surface area contributed by atoms with Gasteiger partial charge in [-0.25, -0.2) is 4.98 Å². The summed E-state index contributed by atoms with van der Waals surface area (Å²) >= 11 is 0. The molecule has 0 N–H and O–H groups in total. The second-order valence-corrected chi connectivity index (χ2v) is 4.06. The van der Waals surface area contributed by atoms with Crippen molar-refractivity contribution in [3.05, 3.63) is 35.7 Å². The second-order valence-electron chi connectivity index (χ2n) is 4.06. The van der Waals surface area contributed by atoms with Gasteiger partial charge in [-0.05, 0) is 26.3 Å². The predicted octanol–water partition coefficient (Wildman–Crippen LogP) is 1.91. The molecule has 0 amide bonds. The van der Waals surface area contributed by atoms with Crippen molar-refractivity contribution in [1.29, 1.82) is 0 Å². The molecule has 2 aromatic rings. The Morgan fingerprint density at radius 1 is 1.28 bits per heavy atom. The van der Waals surface area contributed by atoms with Crippen LogP contribution in [-0.4, -0.2) is 25.1 Å². The average molecular weight is 246 g/mol. The van der Waals surface area contributed by atoms with Gasteiger partial charge in [0, 0.05) is 25.5 Å². The van der Waals surface area contributed by atoms with Gasteiger partial charge in [-0.2, -0.15) is 5.10 Å². The third kappa shape index (κ3) is 2.08. The van der Waals surface area contributed by atoms with Crippen LogP contribution in [-0.2, 0) is 19.5 Å². The monoisotopic (exact) mass is 246 g/mol. The molecule has 0 unspecified atom stereocenters. The van der Waals surface area contributed by atoms with Gasteiger partial charge in [-0.3, -0.25) is 9.48 Å². The van der Waals surface area contributed by atoms with E-state index < -0.39 is 0 Å². The first kappa shape index (κ1) is 12.5. The van der Waals surface area contributed by atoms with Gasteiger partial charge in [-0.15, -0.1) is 0 Å². The van der Waals surface area contributed by atoms with Crippen LogP contribution >= 0.6 is 0 Å². The summed E-state index contributed by atoms with van der Waals surface area (Å²) < 4.78 is 3.59. The normalized spacial score (nSPS) is 10.8. The van der Waals surface area contributed by atoms with Crippen LogP contribution < -0.4 is 0 Å². The molecule has 5 heteroatoms. The zero-order valence-corrected chi connectivity index (χ0v) is 11.1. The molecule has 0 aliphatic rings. The van der Waals surface area contributed by atoms with Gasteiger partial charge >= 0.3 is 0 Å². The van der Waals surface area contributed by atoms with Gasteiger partial charge in [0.15, 0.2) is 5.82 Å². The number of hydrogen-bond acceptors (Lipinski definition) is 3. The van der Waals surface area contributed by atoms with Crippen molar-refractivity contribution < 1.29 is 4.79 Å². The Morgan fingerprint density at radius 2 is 2.06 bits per heavy atom. The smallest absolute Gasteiger partial charge is 0.246 e. The molecule has 2 heterocycles. The summed E-state index contributed by atoms with van der Waals surface area (Å²) in [6, 6.07) is 1.86. The highest BCUT2D eigenvalue weighted by Crippen LogP contribution is 2.11. The molecule has 0 saturated carbocycles. The number of carbonyl (C=O) groups is 1. The lowest BCUT2D eigenvalue weighted by Crippen LogP contribution is -2.15. The van der Waals surface area contributed by atoms with E-state index in [0.717, 1.165) is 18.7 Å². The van der Waals surface area contributed by atoms with Crippen LogP contribution in [0.1, 0.15) is 42.8 Å². The molecule has 0 fully saturated rings. The van der Waals surface area contributed by atoms with Crippen LogP contribution in [0.5, 0.6) is 0 Å². The molecule has 0 spiro atoms. The van der Waals surface area contributed by atoms with E-state index >= 15 is 0 Å². The molecule has 5 nitrogen and oxygen atoms in total. The number of imidazole rings is 1. The Bertz CT molecular complexity index is 553. The van der Waals surface area contributed by atoms with Crippen LogP contribution in [0.25, 0.3) is 0 Å². The summed E-state index contributed by atoms with van der Waals surface area (Å²) in [7, 11) is 0. The van der Waals surface area contributed by atoms with E-state index in [0.29, 0.717) is 18.1 Å². The first-order chi connectivity index (χ1) is 8.71. The SMILES string of the molecule is CCc1cc(C(=O)c2nccn2CC)n(CC)n1. The third-order valence-electron chi connectivity index (χ3n) is 2.98. The molecular formula is C13H18N4O. The molecule has 0 aliphatic carbocycles. The topological polar surface area (TPSA) is 52.7 Å². The first-order valence-electron chi connectivity index (χ1n) is 6.33. The number of hydrogen-bond donors (Lipinski definition) is 0. The summed E-state index contributed by atoms with van der Waals surface area (Å²) in [6.07, 6.45) is 4.31. The van der Waals surface area contributed by atoms with Gasteiger partial charge < -0.3 is 4.57 Å². The Labute approximate surface area is 106 Å². The Balaban J connectivity index is 2.42.